The Hall–Kier alpha value is -1.40. The van der Waals surface area contributed by atoms with Gasteiger partial charge in [0, 0.05) is 6.54 Å². The van der Waals surface area contributed by atoms with E-state index in [1.807, 2.05) is 0 Å². The third kappa shape index (κ3) is 4.16. The maximum atomic E-state index is 11.6. The van der Waals surface area contributed by atoms with E-state index in [2.05, 4.69) is 17.2 Å². The molecular formula is C11H19N3O3. The van der Waals surface area contributed by atoms with Crippen LogP contribution in [-0.2, 0) is 0 Å². The van der Waals surface area contributed by atoms with Gasteiger partial charge in [-0.3, -0.25) is 4.79 Å². The molecule has 0 saturated carbocycles. The van der Waals surface area contributed by atoms with Gasteiger partial charge in [0.15, 0.2) is 5.69 Å². The number of amides is 1. The van der Waals surface area contributed by atoms with Crippen LogP contribution in [0.2, 0.25) is 0 Å². The summed E-state index contributed by atoms with van der Waals surface area (Å²) in [5, 5.41) is 11.6. The lowest BCUT2D eigenvalue weighted by Crippen LogP contribution is -2.25. The number of unbranched alkanes of at least 4 members (excludes halogenated alkanes) is 2. The fourth-order valence-electron chi connectivity index (χ4n) is 1.31. The zero-order valence-electron chi connectivity index (χ0n) is 9.98. The summed E-state index contributed by atoms with van der Waals surface area (Å²) in [6.45, 7) is 2.46. The number of aromatic nitrogens is 1. The Morgan fingerprint density at radius 1 is 1.65 bits per heavy atom. The number of carbonyl (C=O) groups is 1. The van der Waals surface area contributed by atoms with Crippen molar-refractivity contribution >= 4 is 5.91 Å². The molecule has 17 heavy (non-hydrogen) atoms. The maximum Gasteiger partial charge on any atom is 0.273 e. The van der Waals surface area contributed by atoms with Gasteiger partial charge in [0.05, 0.1) is 6.61 Å². The van der Waals surface area contributed by atoms with Crippen LogP contribution in [0.25, 0.3) is 0 Å². The average molecular weight is 241 g/mol. The molecule has 1 unspecified atom stereocenters. The molecule has 0 radical (unpaired) electrons. The highest BCUT2D eigenvalue weighted by molar-refractivity contribution is 5.91. The van der Waals surface area contributed by atoms with Crippen LogP contribution in [0.5, 0.6) is 0 Å². The lowest BCUT2D eigenvalue weighted by atomic mass is 10.2. The van der Waals surface area contributed by atoms with E-state index >= 15 is 0 Å². The molecule has 1 heterocycles. The zero-order chi connectivity index (χ0) is 12.7. The quantitative estimate of drug-likeness (QED) is 0.606. The first kappa shape index (κ1) is 13.7. The van der Waals surface area contributed by atoms with Crippen LogP contribution in [0.15, 0.2) is 10.7 Å². The van der Waals surface area contributed by atoms with Crippen molar-refractivity contribution in [2.24, 2.45) is 5.73 Å². The molecule has 1 amide bonds. The number of carbonyl (C=O) groups excluding carboxylic acids is 1. The van der Waals surface area contributed by atoms with Crippen molar-refractivity contribution in [2.45, 2.75) is 32.2 Å². The molecule has 6 nitrogen and oxygen atoms in total. The Bertz CT molecular complexity index is 351. The Kier molecular flexibility index (Phi) is 5.65. The third-order valence-corrected chi connectivity index (χ3v) is 2.33. The second-order valence-corrected chi connectivity index (χ2v) is 3.82. The molecule has 0 aliphatic heterocycles. The molecule has 0 bridgehead atoms. The van der Waals surface area contributed by atoms with Crippen molar-refractivity contribution in [3.8, 4) is 0 Å². The van der Waals surface area contributed by atoms with E-state index in [0.29, 0.717) is 6.54 Å². The summed E-state index contributed by atoms with van der Waals surface area (Å²) in [7, 11) is 0. The number of rotatable bonds is 7. The highest BCUT2D eigenvalue weighted by Crippen LogP contribution is 2.09. The number of aliphatic hydroxyl groups is 1. The summed E-state index contributed by atoms with van der Waals surface area (Å²) in [5.41, 5.74) is 5.70. The normalized spacial score (nSPS) is 12.4. The Labute approximate surface area is 100 Å². The first-order valence-electron chi connectivity index (χ1n) is 5.79. The molecule has 6 heteroatoms. The molecule has 0 aliphatic carbocycles. The molecule has 0 saturated heterocycles. The molecule has 96 valence electrons. The van der Waals surface area contributed by atoms with E-state index in [1.54, 1.807) is 0 Å². The molecule has 0 aromatic carbocycles. The first-order valence-corrected chi connectivity index (χ1v) is 5.79. The lowest BCUT2D eigenvalue weighted by Gasteiger charge is -2.02. The van der Waals surface area contributed by atoms with Crippen LogP contribution in [-0.4, -0.2) is 29.1 Å². The second kappa shape index (κ2) is 7.03. The highest BCUT2D eigenvalue weighted by Gasteiger charge is 2.15. The van der Waals surface area contributed by atoms with Gasteiger partial charge >= 0.3 is 0 Å². The highest BCUT2D eigenvalue weighted by atomic mass is 16.3. The first-order chi connectivity index (χ1) is 8.19. The van der Waals surface area contributed by atoms with Gasteiger partial charge in [-0.15, -0.1) is 0 Å². The van der Waals surface area contributed by atoms with Gasteiger partial charge in [-0.05, 0) is 6.42 Å². The van der Waals surface area contributed by atoms with E-state index in [-0.39, 0.29) is 24.1 Å². The van der Waals surface area contributed by atoms with Gasteiger partial charge in [-0.25, -0.2) is 4.98 Å². The average Bonchev–Trinajstić information content (AvgIpc) is 2.83. The van der Waals surface area contributed by atoms with Gasteiger partial charge in [-0.2, -0.15) is 0 Å². The van der Waals surface area contributed by atoms with Crippen molar-refractivity contribution in [2.75, 3.05) is 13.2 Å². The topological polar surface area (TPSA) is 101 Å². The van der Waals surface area contributed by atoms with Crippen LogP contribution in [0, 0.1) is 0 Å². The monoisotopic (exact) mass is 241 g/mol. The fourth-order valence-corrected chi connectivity index (χ4v) is 1.31. The predicted octanol–water partition coefficient (Wildman–Crippen LogP) is 0.587. The minimum absolute atomic E-state index is 0.172. The van der Waals surface area contributed by atoms with Gasteiger partial charge in [-0.1, -0.05) is 19.8 Å². The van der Waals surface area contributed by atoms with E-state index in [4.69, 9.17) is 15.3 Å². The number of aliphatic hydroxyl groups excluding tert-OH is 1. The standard InChI is InChI=1S/C11H19N3O3/c1-2-3-4-5-13-10(16)9-7-17-11(14-9)8(12)6-15/h7-8,15H,2-6,12H2,1H3,(H,13,16). The van der Waals surface area contributed by atoms with E-state index in [9.17, 15) is 4.79 Å². The van der Waals surface area contributed by atoms with Crippen molar-refractivity contribution in [1.82, 2.24) is 10.3 Å². The summed E-state index contributed by atoms with van der Waals surface area (Å²) >= 11 is 0. The fraction of sp³-hybridized carbons (Fsp3) is 0.636. The van der Waals surface area contributed by atoms with Crippen molar-refractivity contribution < 1.29 is 14.3 Å². The number of oxazole rings is 1. The lowest BCUT2D eigenvalue weighted by molar-refractivity contribution is 0.0948. The van der Waals surface area contributed by atoms with Gasteiger partial charge in [0.1, 0.15) is 12.3 Å². The smallest absolute Gasteiger partial charge is 0.273 e. The molecule has 4 N–H and O–H groups in total. The summed E-state index contributed by atoms with van der Waals surface area (Å²) in [5.74, 6) is -0.104. The number of nitrogens with one attached hydrogen (secondary N) is 1. The third-order valence-electron chi connectivity index (χ3n) is 2.33. The Morgan fingerprint density at radius 2 is 2.41 bits per heavy atom. The number of nitrogens with two attached hydrogens (primary N) is 1. The van der Waals surface area contributed by atoms with Gasteiger partial charge in [0.25, 0.3) is 5.91 Å². The summed E-state index contributed by atoms with van der Waals surface area (Å²) in [6, 6.07) is -0.684. The van der Waals surface area contributed by atoms with Crippen LogP contribution in [0.3, 0.4) is 0 Å². The van der Waals surface area contributed by atoms with Crippen molar-refractivity contribution in [3.05, 3.63) is 17.8 Å². The zero-order valence-corrected chi connectivity index (χ0v) is 9.98. The number of hydrogen-bond donors (Lipinski definition) is 3. The number of hydrogen-bond acceptors (Lipinski definition) is 5. The Balaban J connectivity index is 2.44. The molecule has 1 atom stereocenters. The van der Waals surface area contributed by atoms with Crippen molar-refractivity contribution in [1.29, 1.82) is 0 Å². The van der Waals surface area contributed by atoms with Crippen LogP contribution >= 0.6 is 0 Å². The van der Waals surface area contributed by atoms with Crippen LogP contribution in [0.4, 0.5) is 0 Å². The molecule has 1 aromatic rings. The van der Waals surface area contributed by atoms with E-state index in [0.717, 1.165) is 19.3 Å². The minimum Gasteiger partial charge on any atom is -0.446 e. The van der Waals surface area contributed by atoms with Gasteiger partial charge in [0.2, 0.25) is 5.89 Å². The van der Waals surface area contributed by atoms with Gasteiger partial charge < -0.3 is 20.6 Å². The van der Waals surface area contributed by atoms with E-state index in [1.165, 1.54) is 6.26 Å². The predicted molar refractivity (Wildman–Crippen MR) is 62.4 cm³/mol. The summed E-state index contributed by atoms with van der Waals surface area (Å²) < 4.78 is 5.01. The molecule has 1 rings (SSSR count). The minimum atomic E-state index is -0.684. The van der Waals surface area contributed by atoms with E-state index < -0.39 is 6.04 Å². The SMILES string of the molecule is CCCCCNC(=O)c1coc(C(N)CO)n1. The Morgan fingerprint density at radius 3 is 3.06 bits per heavy atom. The summed E-state index contributed by atoms with van der Waals surface area (Å²) in [4.78, 5) is 15.5. The molecule has 0 aliphatic rings. The molecule has 0 fully saturated rings. The van der Waals surface area contributed by atoms with Crippen LogP contribution in [0.1, 0.15) is 48.6 Å². The molecule has 1 aromatic heterocycles. The number of nitrogens with zero attached hydrogens (tertiary/aromatic N) is 1. The maximum absolute atomic E-state index is 11.6. The van der Waals surface area contributed by atoms with Crippen molar-refractivity contribution in [3.63, 3.8) is 0 Å². The molecule has 0 spiro atoms. The largest absolute Gasteiger partial charge is 0.446 e. The van der Waals surface area contributed by atoms with Crippen LogP contribution < -0.4 is 11.1 Å². The summed E-state index contributed by atoms with van der Waals surface area (Å²) in [6.07, 6.45) is 4.39. The molecular weight excluding hydrogens is 222 g/mol. The second-order valence-electron chi connectivity index (χ2n) is 3.82.